The molecule has 29 heavy (non-hydrogen) atoms. The number of hydrogen-bond donors (Lipinski definition) is 4. The van der Waals surface area contributed by atoms with E-state index < -0.39 is 18.0 Å². The highest BCUT2D eigenvalue weighted by atomic mass is 32.1. The number of nitrogens with two attached hydrogens (primary N) is 1. The zero-order valence-corrected chi connectivity index (χ0v) is 17.5. The normalized spacial score (nSPS) is 17.8. The van der Waals surface area contributed by atoms with E-state index in [1.165, 1.54) is 17.5 Å². The average Bonchev–Trinajstić information content (AvgIpc) is 3.24. The molecule has 1 fully saturated rings. The van der Waals surface area contributed by atoms with Crippen LogP contribution in [0.5, 0.6) is 0 Å². The number of carbonyl (C=O) groups is 2. The molecule has 3 heterocycles. The lowest BCUT2D eigenvalue weighted by molar-refractivity contribution is -0.145. The Kier molecular flexibility index (Phi) is 6.83. The maximum absolute atomic E-state index is 12.9. The molecule has 0 radical (unpaired) electrons. The SMILES string of the molecule is CCc1cc(NC(=O)C(=O)N2CCCC[C@H]2c2ccc(C(O)NC)s2)cnc1N. The number of likely N-dealkylation sites (tertiary alicyclic amines) is 1. The zero-order valence-electron chi connectivity index (χ0n) is 16.6. The molecular formula is C20H27N5O3S. The smallest absolute Gasteiger partial charge is 0.313 e. The highest BCUT2D eigenvalue weighted by Crippen LogP contribution is 2.36. The second-order valence-corrected chi connectivity index (χ2v) is 8.16. The number of amides is 2. The molecule has 0 aromatic carbocycles. The largest absolute Gasteiger partial charge is 0.383 e. The van der Waals surface area contributed by atoms with Crippen LogP contribution >= 0.6 is 11.3 Å². The van der Waals surface area contributed by atoms with Crippen molar-refractivity contribution in [3.63, 3.8) is 0 Å². The van der Waals surface area contributed by atoms with E-state index in [9.17, 15) is 14.7 Å². The van der Waals surface area contributed by atoms with E-state index in [0.717, 1.165) is 34.6 Å². The van der Waals surface area contributed by atoms with Crippen LogP contribution < -0.4 is 16.4 Å². The summed E-state index contributed by atoms with van der Waals surface area (Å²) < 4.78 is 0. The number of aromatic nitrogens is 1. The van der Waals surface area contributed by atoms with E-state index in [1.54, 1.807) is 18.0 Å². The number of hydrogen-bond acceptors (Lipinski definition) is 7. The molecule has 3 rings (SSSR count). The van der Waals surface area contributed by atoms with Crippen LogP contribution in [0.2, 0.25) is 0 Å². The predicted molar refractivity (Wildman–Crippen MR) is 113 cm³/mol. The molecule has 1 unspecified atom stereocenters. The van der Waals surface area contributed by atoms with Gasteiger partial charge in [0, 0.05) is 16.3 Å². The van der Waals surface area contributed by atoms with Crippen molar-refractivity contribution in [1.82, 2.24) is 15.2 Å². The van der Waals surface area contributed by atoms with E-state index in [4.69, 9.17) is 5.73 Å². The molecular weight excluding hydrogens is 390 g/mol. The van der Waals surface area contributed by atoms with Gasteiger partial charge in [0.15, 0.2) is 0 Å². The van der Waals surface area contributed by atoms with Crippen molar-refractivity contribution in [2.24, 2.45) is 0 Å². The van der Waals surface area contributed by atoms with E-state index in [0.29, 0.717) is 24.5 Å². The minimum absolute atomic E-state index is 0.166. The molecule has 1 saturated heterocycles. The Bertz CT molecular complexity index is 885. The van der Waals surface area contributed by atoms with Gasteiger partial charge in [-0.3, -0.25) is 14.9 Å². The van der Waals surface area contributed by atoms with Gasteiger partial charge in [-0.2, -0.15) is 0 Å². The quantitative estimate of drug-likeness (QED) is 0.437. The van der Waals surface area contributed by atoms with Crippen molar-refractivity contribution >= 4 is 34.7 Å². The number of aliphatic hydroxyl groups excluding tert-OH is 1. The number of carbonyl (C=O) groups excluding carboxylic acids is 2. The Morgan fingerprint density at radius 3 is 2.93 bits per heavy atom. The van der Waals surface area contributed by atoms with Gasteiger partial charge in [-0.25, -0.2) is 4.98 Å². The number of anilines is 2. The topological polar surface area (TPSA) is 121 Å². The van der Waals surface area contributed by atoms with Gasteiger partial charge in [-0.05, 0) is 56.5 Å². The standard InChI is InChI=1S/C20H27N5O3S/c1-3-12-10-13(11-23-17(12)21)24-19(27)20(28)25-9-5-4-6-14(25)15-7-8-16(29-15)18(26)22-2/h7-8,10-11,14,18,22,26H,3-6,9H2,1-2H3,(H2,21,23)(H,24,27)/t14-,18?/m0/s1. The molecule has 0 aliphatic carbocycles. The summed E-state index contributed by atoms with van der Waals surface area (Å²) in [5, 5.41) is 15.4. The van der Waals surface area contributed by atoms with Crippen LogP contribution in [0, 0.1) is 0 Å². The number of aryl methyl sites for hydroxylation is 1. The number of nitrogens with one attached hydrogen (secondary N) is 2. The fourth-order valence-corrected chi connectivity index (χ4v) is 4.65. The molecule has 2 atom stereocenters. The van der Waals surface area contributed by atoms with Gasteiger partial charge >= 0.3 is 11.8 Å². The van der Waals surface area contributed by atoms with Gasteiger partial charge in [0.1, 0.15) is 12.0 Å². The van der Waals surface area contributed by atoms with Crippen LogP contribution in [-0.2, 0) is 16.0 Å². The molecule has 2 aromatic rings. The molecule has 8 nitrogen and oxygen atoms in total. The molecule has 1 aliphatic rings. The maximum Gasteiger partial charge on any atom is 0.313 e. The molecule has 2 amide bonds. The number of piperidine rings is 1. The van der Waals surface area contributed by atoms with Crippen molar-refractivity contribution < 1.29 is 14.7 Å². The first-order valence-electron chi connectivity index (χ1n) is 9.75. The van der Waals surface area contributed by atoms with Crippen molar-refractivity contribution in [3.8, 4) is 0 Å². The average molecular weight is 418 g/mol. The minimum Gasteiger partial charge on any atom is -0.383 e. The van der Waals surface area contributed by atoms with E-state index in [-0.39, 0.29) is 6.04 Å². The summed E-state index contributed by atoms with van der Waals surface area (Å²) in [5.74, 6) is -0.823. The summed E-state index contributed by atoms with van der Waals surface area (Å²) in [4.78, 5) is 33.0. The number of thiophene rings is 1. The molecule has 2 aromatic heterocycles. The molecule has 9 heteroatoms. The summed E-state index contributed by atoms with van der Waals surface area (Å²) >= 11 is 1.45. The maximum atomic E-state index is 12.9. The van der Waals surface area contributed by atoms with Gasteiger partial charge in [0.25, 0.3) is 0 Å². The summed E-state index contributed by atoms with van der Waals surface area (Å²) in [6, 6.07) is 5.35. The first-order chi connectivity index (χ1) is 13.9. The van der Waals surface area contributed by atoms with Crippen LogP contribution in [0.4, 0.5) is 11.5 Å². The third-order valence-electron chi connectivity index (χ3n) is 5.12. The van der Waals surface area contributed by atoms with Gasteiger partial charge in [0.05, 0.1) is 17.9 Å². The van der Waals surface area contributed by atoms with Gasteiger partial charge < -0.3 is 21.1 Å². The Hall–Kier alpha value is -2.49. The minimum atomic E-state index is -0.740. The predicted octanol–water partition coefficient (Wildman–Crippen LogP) is 2.19. The van der Waals surface area contributed by atoms with Gasteiger partial charge in [-0.1, -0.05) is 6.92 Å². The fourth-order valence-electron chi connectivity index (χ4n) is 3.49. The molecule has 5 N–H and O–H groups in total. The van der Waals surface area contributed by atoms with Crippen LogP contribution in [0.15, 0.2) is 24.4 Å². The van der Waals surface area contributed by atoms with E-state index in [1.807, 2.05) is 19.1 Å². The van der Waals surface area contributed by atoms with Crippen LogP contribution in [0.1, 0.15) is 53.8 Å². The van der Waals surface area contributed by atoms with Crippen LogP contribution in [0.25, 0.3) is 0 Å². The van der Waals surface area contributed by atoms with Crippen LogP contribution in [-0.4, -0.2) is 40.4 Å². The Morgan fingerprint density at radius 1 is 1.41 bits per heavy atom. The number of rotatable bonds is 5. The molecule has 0 spiro atoms. The summed E-state index contributed by atoms with van der Waals surface area (Å²) in [6.45, 7) is 2.47. The third-order valence-corrected chi connectivity index (χ3v) is 6.36. The van der Waals surface area contributed by atoms with Crippen LogP contribution in [0.3, 0.4) is 0 Å². The van der Waals surface area contributed by atoms with Crippen molar-refractivity contribution in [2.45, 2.75) is 44.9 Å². The Balaban J connectivity index is 1.75. The molecule has 156 valence electrons. The second-order valence-electron chi connectivity index (χ2n) is 7.02. The van der Waals surface area contributed by atoms with Gasteiger partial charge in [0.2, 0.25) is 0 Å². The first kappa shape index (κ1) is 21.2. The van der Waals surface area contributed by atoms with Crippen molar-refractivity contribution in [2.75, 3.05) is 24.6 Å². The van der Waals surface area contributed by atoms with Crippen molar-refractivity contribution in [1.29, 1.82) is 0 Å². The van der Waals surface area contributed by atoms with Crippen molar-refractivity contribution in [3.05, 3.63) is 39.7 Å². The number of aliphatic hydroxyl groups is 1. The molecule has 0 bridgehead atoms. The summed E-state index contributed by atoms with van der Waals surface area (Å²) in [7, 11) is 1.68. The highest BCUT2D eigenvalue weighted by Gasteiger charge is 2.33. The summed E-state index contributed by atoms with van der Waals surface area (Å²) in [6.07, 6.45) is 4.03. The fraction of sp³-hybridized carbons (Fsp3) is 0.450. The lowest BCUT2D eigenvalue weighted by Gasteiger charge is -2.34. The lowest BCUT2D eigenvalue weighted by Crippen LogP contribution is -2.44. The number of nitrogens with zero attached hydrogens (tertiary/aromatic N) is 2. The molecule has 0 saturated carbocycles. The summed E-state index contributed by atoms with van der Waals surface area (Å²) in [5.41, 5.74) is 7.08. The number of pyridine rings is 1. The van der Waals surface area contributed by atoms with E-state index in [2.05, 4.69) is 15.6 Å². The van der Waals surface area contributed by atoms with Gasteiger partial charge in [-0.15, -0.1) is 11.3 Å². The first-order valence-corrected chi connectivity index (χ1v) is 10.6. The number of nitrogen functional groups attached to an aromatic ring is 1. The third kappa shape index (κ3) is 4.75. The zero-order chi connectivity index (χ0) is 21.0. The monoisotopic (exact) mass is 417 g/mol. The highest BCUT2D eigenvalue weighted by molar-refractivity contribution is 7.12. The van der Waals surface area contributed by atoms with E-state index >= 15 is 0 Å². The Labute approximate surface area is 174 Å². The Morgan fingerprint density at radius 2 is 2.21 bits per heavy atom. The lowest BCUT2D eigenvalue weighted by atomic mass is 10.0. The molecule has 1 aliphatic heterocycles. The second kappa shape index (κ2) is 9.34.